The molecule has 0 saturated carbocycles. The van der Waals surface area contributed by atoms with Crippen molar-refractivity contribution in [1.29, 1.82) is 0 Å². The van der Waals surface area contributed by atoms with Crippen LogP contribution in [0.25, 0.3) is 5.57 Å². The van der Waals surface area contributed by atoms with E-state index in [1.807, 2.05) is 67.3 Å². The number of rotatable bonds is 3. The number of amides is 2. The fourth-order valence-corrected chi connectivity index (χ4v) is 4.72. The summed E-state index contributed by atoms with van der Waals surface area (Å²) in [7, 11) is 0. The van der Waals surface area contributed by atoms with E-state index in [9.17, 15) is 9.59 Å². The average molecular weight is 443 g/mol. The number of anilines is 2. The molecule has 5 rings (SSSR count). The third-order valence-corrected chi connectivity index (χ3v) is 6.43. The predicted octanol–water partition coefficient (Wildman–Crippen LogP) is 5.69. The van der Waals surface area contributed by atoms with Crippen molar-refractivity contribution in [3.05, 3.63) is 99.7 Å². The monoisotopic (exact) mass is 442 g/mol. The molecule has 0 N–H and O–H groups in total. The van der Waals surface area contributed by atoms with Gasteiger partial charge in [-0.05, 0) is 61.6 Å². The molecule has 0 saturated heterocycles. The molecule has 160 valence electrons. The minimum absolute atomic E-state index is 0.312. The zero-order valence-corrected chi connectivity index (χ0v) is 18.8. The highest BCUT2D eigenvalue weighted by Gasteiger charge is 2.44. The van der Waals surface area contributed by atoms with Gasteiger partial charge in [0.15, 0.2) is 0 Å². The number of imide groups is 1. The molecule has 5 heteroatoms. The van der Waals surface area contributed by atoms with Crippen LogP contribution in [-0.4, -0.2) is 18.4 Å². The first-order chi connectivity index (χ1) is 15.5. The van der Waals surface area contributed by atoms with Crippen molar-refractivity contribution in [1.82, 2.24) is 0 Å². The van der Waals surface area contributed by atoms with E-state index in [-0.39, 0.29) is 11.8 Å². The molecule has 0 bridgehead atoms. The van der Waals surface area contributed by atoms with Gasteiger partial charge in [0.25, 0.3) is 11.8 Å². The molecule has 0 aromatic heterocycles. The Kier molecular flexibility index (Phi) is 5.10. The van der Waals surface area contributed by atoms with Crippen LogP contribution in [0.4, 0.5) is 11.4 Å². The highest BCUT2D eigenvalue weighted by Crippen LogP contribution is 2.40. The normalized spacial score (nSPS) is 16.1. The van der Waals surface area contributed by atoms with Crippen LogP contribution < -0.4 is 9.80 Å². The van der Waals surface area contributed by atoms with E-state index in [1.54, 1.807) is 12.1 Å². The summed E-state index contributed by atoms with van der Waals surface area (Å²) >= 11 is 6.24. The summed E-state index contributed by atoms with van der Waals surface area (Å²) in [5.74, 6) is -0.630. The fourth-order valence-electron chi connectivity index (χ4n) is 4.56. The van der Waals surface area contributed by atoms with Gasteiger partial charge in [0.05, 0.1) is 11.3 Å². The van der Waals surface area contributed by atoms with E-state index in [0.717, 1.165) is 35.2 Å². The highest BCUT2D eigenvalue weighted by molar-refractivity contribution is 6.46. The van der Waals surface area contributed by atoms with Crippen LogP contribution in [0, 0.1) is 13.8 Å². The van der Waals surface area contributed by atoms with Crippen LogP contribution in [0.2, 0.25) is 5.02 Å². The average Bonchev–Trinajstić information content (AvgIpc) is 3.05. The number of hydrogen-bond acceptors (Lipinski definition) is 3. The number of aryl methyl sites for hydroxylation is 3. The molecule has 0 atom stereocenters. The Hall–Kier alpha value is -3.37. The van der Waals surface area contributed by atoms with Crippen LogP contribution in [-0.2, 0) is 16.0 Å². The van der Waals surface area contributed by atoms with Gasteiger partial charge in [0.1, 0.15) is 5.70 Å². The molecule has 0 unspecified atom stereocenters. The van der Waals surface area contributed by atoms with Crippen molar-refractivity contribution in [3.8, 4) is 0 Å². The molecule has 0 radical (unpaired) electrons. The van der Waals surface area contributed by atoms with E-state index < -0.39 is 0 Å². The lowest BCUT2D eigenvalue weighted by molar-refractivity contribution is -0.120. The Morgan fingerprint density at radius 3 is 2.38 bits per heavy atom. The molecule has 2 aliphatic heterocycles. The second kappa shape index (κ2) is 7.95. The molecule has 3 aromatic rings. The minimum Gasteiger partial charge on any atom is -0.336 e. The molecule has 0 fully saturated rings. The summed E-state index contributed by atoms with van der Waals surface area (Å²) in [5.41, 5.74) is 6.23. The molecule has 4 nitrogen and oxygen atoms in total. The molecule has 0 aliphatic carbocycles. The quantitative estimate of drug-likeness (QED) is 0.489. The molecule has 3 aromatic carbocycles. The number of hydrogen-bond donors (Lipinski definition) is 0. The van der Waals surface area contributed by atoms with Gasteiger partial charge in [-0.3, -0.25) is 9.59 Å². The van der Waals surface area contributed by atoms with E-state index in [0.29, 0.717) is 28.5 Å². The summed E-state index contributed by atoms with van der Waals surface area (Å²) < 4.78 is 0. The SMILES string of the molecule is Cc1ccc(C2=C(N3CCCc4ccccc43)C(=O)N(c3cc(Cl)ccc3C)C2=O)cc1. The number of carbonyl (C=O) groups excluding carboxylic acids is 2. The Bertz CT molecular complexity index is 1280. The third kappa shape index (κ3) is 3.32. The zero-order chi connectivity index (χ0) is 22.4. The lowest BCUT2D eigenvalue weighted by Crippen LogP contribution is -2.37. The molecule has 0 spiro atoms. The molecule has 2 heterocycles. The van der Waals surface area contributed by atoms with Crippen LogP contribution in [0.1, 0.15) is 28.7 Å². The van der Waals surface area contributed by atoms with E-state index in [4.69, 9.17) is 11.6 Å². The van der Waals surface area contributed by atoms with Crippen LogP contribution in [0.15, 0.2) is 72.4 Å². The van der Waals surface area contributed by atoms with Crippen molar-refractivity contribution in [2.24, 2.45) is 0 Å². The van der Waals surface area contributed by atoms with Crippen LogP contribution >= 0.6 is 11.6 Å². The summed E-state index contributed by atoms with van der Waals surface area (Å²) in [6.07, 6.45) is 1.87. The summed E-state index contributed by atoms with van der Waals surface area (Å²) in [6, 6.07) is 21.2. The largest absolute Gasteiger partial charge is 0.336 e. The maximum atomic E-state index is 13.9. The maximum absolute atomic E-state index is 13.9. The van der Waals surface area contributed by atoms with E-state index in [2.05, 4.69) is 6.07 Å². The van der Waals surface area contributed by atoms with Crippen molar-refractivity contribution in [2.45, 2.75) is 26.7 Å². The minimum atomic E-state index is -0.317. The Morgan fingerprint density at radius 2 is 1.59 bits per heavy atom. The van der Waals surface area contributed by atoms with Crippen LogP contribution in [0.5, 0.6) is 0 Å². The van der Waals surface area contributed by atoms with Crippen molar-refractivity contribution < 1.29 is 9.59 Å². The molecule has 32 heavy (non-hydrogen) atoms. The third-order valence-electron chi connectivity index (χ3n) is 6.19. The topological polar surface area (TPSA) is 40.6 Å². The standard InChI is InChI=1S/C27H23ClN2O2/c1-17-9-12-20(13-10-17)24-25(29-15-5-7-19-6-3-4-8-22(19)29)27(32)30(26(24)31)23-16-21(28)14-11-18(23)2/h3-4,6,8-14,16H,5,7,15H2,1-2H3. The number of benzene rings is 3. The van der Waals surface area contributed by atoms with Gasteiger partial charge >= 0.3 is 0 Å². The first kappa shape index (κ1) is 20.5. The van der Waals surface area contributed by atoms with Crippen molar-refractivity contribution in [2.75, 3.05) is 16.3 Å². The van der Waals surface area contributed by atoms with Gasteiger partial charge in [-0.15, -0.1) is 0 Å². The molecular formula is C27H23ClN2O2. The van der Waals surface area contributed by atoms with Crippen LogP contribution in [0.3, 0.4) is 0 Å². The van der Waals surface area contributed by atoms with Gasteiger partial charge in [0, 0.05) is 17.3 Å². The summed E-state index contributed by atoms with van der Waals surface area (Å²) in [4.78, 5) is 31.0. The first-order valence-corrected chi connectivity index (χ1v) is 11.1. The number of para-hydroxylation sites is 1. The van der Waals surface area contributed by atoms with Gasteiger partial charge in [-0.25, -0.2) is 4.90 Å². The number of carbonyl (C=O) groups is 2. The summed E-state index contributed by atoms with van der Waals surface area (Å²) in [5, 5.41) is 0.486. The fraction of sp³-hybridized carbons (Fsp3) is 0.185. The molecule has 2 amide bonds. The molecule has 2 aliphatic rings. The first-order valence-electron chi connectivity index (χ1n) is 10.8. The van der Waals surface area contributed by atoms with Gasteiger partial charge in [-0.1, -0.05) is 65.7 Å². The number of halogens is 1. The highest BCUT2D eigenvalue weighted by atomic mass is 35.5. The van der Waals surface area contributed by atoms with Gasteiger partial charge in [-0.2, -0.15) is 0 Å². The predicted molar refractivity (Wildman–Crippen MR) is 129 cm³/mol. The number of nitrogens with zero attached hydrogens (tertiary/aromatic N) is 2. The van der Waals surface area contributed by atoms with Gasteiger partial charge in [0.2, 0.25) is 0 Å². The lowest BCUT2D eigenvalue weighted by atomic mass is 9.98. The van der Waals surface area contributed by atoms with E-state index >= 15 is 0 Å². The van der Waals surface area contributed by atoms with Crippen molar-refractivity contribution >= 4 is 40.4 Å². The lowest BCUT2D eigenvalue weighted by Gasteiger charge is -2.32. The zero-order valence-electron chi connectivity index (χ0n) is 18.1. The molecular weight excluding hydrogens is 420 g/mol. The van der Waals surface area contributed by atoms with Gasteiger partial charge < -0.3 is 4.90 Å². The van der Waals surface area contributed by atoms with E-state index in [1.165, 1.54) is 10.5 Å². The Labute approximate surface area is 192 Å². The number of fused-ring (bicyclic) bond motifs is 1. The smallest absolute Gasteiger partial charge is 0.282 e. The Balaban J connectivity index is 1.72. The van der Waals surface area contributed by atoms with Crippen molar-refractivity contribution in [3.63, 3.8) is 0 Å². The maximum Gasteiger partial charge on any atom is 0.282 e. The Morgan fingerprint density at radius 1 is 0.844 bits per heavy atom. The second-order valence-corrected chi connectivity index (χ2v) is 8.79. The second-order valence-electron chi connectivity index (χ2n) is 8.35. The summed E-state index contributed by atoms with van der Waals surface area (Å²) in [6.45, 7) is 4.57.